The Morgan fingerprint density at radius 1 is 1.46 bits per heavy atom. The molecule has 26 heavy (non-hydrogen) atoms. The molecule has 9 nitrogen and oxygen atoms in total. The van der Waals surface area contributed by atoms with Gasteiger partial charge in [0.15, 0.2) is 5.12 Å². The SMILES string of the molecule is CCC(CNC(=O)CCc1cnc[nH]1)OP(=O)(OC)OCCSC(C)=O. The topological polar surface area (TPSA) is 120 Å². The minimum atomic E-state index is -3.74. The molecule has 1 amide bonds. The molecule has 0 aliphatic heterocycles. The number of phosphoric acid groups is 1. The fraction of sp³-hybridized carbons (Fsp3) is 0.667. The van der Waals surface area contributed by atoms with Crippen LogP contribution in [0.5, 0.6) is 0 Å². The van der Waals surface area contributed by atoms with Crippen LogP contribution < -0.4 is 5.32 Å². The minimum Gasteiger partial charge on any atom is -0.353 e. The predicted octanol–water partition coefficient (Wildman–Crippen LogP) is 2.30. The van der Waals surface area contributed by atoms with Crippen molar-refractivity contribution in [1.82, 2.24) is 15.3 Å². The maximum atomic E-state index is 12.4. The number of carbonyl (C=O) groups excluding carboxylic acids is 2. The van der Waals surface area contributed by atoms with Crippen molar-refractivity contribution in [2.75, 3.05) is 26.0 Å². The quantitative estimate of drug-likeness (QED) is 0.378. The zero-order valence-corrected chi connectivity index (χ0v) is 16.9. The molecule has 0 bridgehead atoms. The van der Waals surface area contributed by atoms with Crippen LogP contribution in [-0.2, 0) is 34.1 Å². The molecular formula is C15H26N3O6PS. The van der Waals surface area contributed by atoms with E-state index in [0.717, 1.165) is 17.5 Å². The third-order valence-electron chi connectivity index (χ3n) is 3.30. The number of aromatic amines is 1. The van der Waals surface area contributed by atoms with Gasteiger partial charge in [-0.1, -0.05) is 18.7 Å². The largest absolute Gasteiger partial charge is 0.474 e. The number of nitrogens with one attached hydrogen (secondary N) is 2. The first-order chi connectivity index (χ1) is 12.4. The van der Waals surface area contributed by atoms with Crippen molar-refractivity contribution in [2.45, 2.75) is 39.2 Å². The highest BCUT2D eigenvalue weighted by Crippen LogP contribution is 2.50. The molecule has 2 N–H and O–H groups in total. The maximum absolute atomic E-state index is 12.4. The van der Waals surface area contributed by atoms with Crippen LogP contribution in [0.1, 0.15) is 32.4 Å². The zero-order chi connectivity index (χ0) is 19.4. The van der Waals surface area contributed by atoms with Crippen LogP contribution in [0, 0.1) is 0 Å². The van der Waals surface area contributed by atoms with Gasteiger partial charge in [-0.25, -0.2) is 9.55 Å². The number of imidazole rings is 1. The Morgan fingerprint density at radius 2 is 2.23 bits per heavy atom. The molecule has 2 atom stereocenters. The molecule has 1 aromatic rings. The number of rotatable bonds is 13. The first kappa shape index (κ1) is 22.9. The van der Waals surface area contributed by atoms with E-state index < -0.39 is 13.9 Å². The predicted molar refractivity (Wildman–Crippen MR) is 98.8 cm³/mol. The van der Waals surface area contributed by atoms with Crippen molar-refractivity contribution in [3.8, 4) is 0 Å². The number of amides is 1. The summed E-state index contributed by atoms with van der Waals surface area (Å²) in [6, 6.07) is 0. The van der Waals surface area contributed by atoms with Crippen molar-refractivity contribution in [2.24, 2.45) is 0 Å². The summed E-state index contributed by atoms with van der Waals surface area (Å²) in [5.41, 5.74) is 0.879. The first-order valence-corrected chi connectivity index (χ1v) is 10.7. The zero-order valence-electron chi connectivity index (χ0n) is 15.2. The fourth-order valence-corrected chi connectivity index (χ4v) is 3.62. The van der Waals surface area contributed by atoms with E-state index >= 15 is 0 Å². The lowest BCUT2D eigenvalue weighted by Gasteiger charge is -2.22. The summed E-state index contributed by atoms with van der Waals surface area (Å²) in [5, 5.41) is 2.70. The van der Waals surface area contributed by atoms with E-state index in [-0.39, 0.29) is 24.2 Å². The molecule has 11 heteroatoms. The molecular weight excluding hydrogens is 381 g/mol. The minimum absolute atomic E-state index is 0.0500. The smallest absolute Gasteiger partial charge is 0.353 e. The number of aryl methyl sites for hydroxylation is 1. The molecule has 2 unspecified atom stereocenters. The van der Waals surface area contributed by atoms with Gasteiger partial charge >= 0.3 is 7.82 Å². The molecule has 1 heterocycles. The molecule has 0 saturated heterocycles. The maximum Gasteiger partial charge on any atom is 0.474 e. The molecule has 148 valence electrons. The van der Waals surface area contributed by atoms with Crippen LogP contribution in [0.3, 0.4) is 0 Å². The van der Waals surface area contributed by atoms with Crippen LogP contribution in [0.25, 0.3) is 0 Å². The fourth-order valence-electron chi connectivity index (χ4n) is 1.89. The molecule has 0 aromatic carbocycles. The number of aromatic nitrogens is 2. The van der Waals surface area contributed by atoms with Gasteiger partial charge < -0.3 is 10.3 Å². The summed E-state index contributed by atoms with van der Waals surface area (Å²) in [6.45, 7) is 3.53. The summed E-state index contributed by atoms with van der Waals surface area (Å²) in [7, 11) is -2.51. The molecule has 0 aliphatic rings. The Morgan fingerprint density at radius 3 is 2.81 bits per heavy atom. The summed E-state index contributed by atoms with van der Waals surface area (Å²) in [5.74, 6) is 0.209. The van der Waals surface area contributed by atoms with Gasteiger partial charge in [0.25, 0.3) is 0 Å². The van der Waals surface area contributed by atoms with Gasteiger partial charge in [-0.05, 0) is 12.8 Å². The Balaban J connectivity index is 2.36. The molecule has 0 spiro atoms. The molecule has 1 rings (SSSR count). The van der Waals surface area contributed by atoms with Crippen molar-refractivity contribution in [1.29, 1.82) is 0 Å². The molecule has 1 aromatic heterocycles. The van der Waals surface area contributed by atoms with Gasteiger partial charge in [0, 0.05) is 44.6 Å². The normalized spacial score (nSPS) is 14.6. The lowest BCUT2D eigenvalue weighted by molar-refractivity contribution is -0.121. The Kier molecular flexibility index (Phi) is 10.8. The average molecular weight is 407 g/mol. The number of phosphoric ester groups is 1. The van der Waals surface area contributed by atoms with Crippen molar-refractivity contribution < 1.29 is 27.7 Å². The number of H-pyrrole nitrogens is 1. The van der Waals surface area contributed by atoms with E-state index in [1.807, 2.05) is 6.92 Å². The Labute approximate surface area is 157 Å². The average Bonchev–Trinajstić information content (AvgIpc) is 3.14. The highest BCUT2D eigenvalue weighted by molar-refractivity contribution is 8.13. The van der Waals surface area contributed by atoms with Crippen molar-refractivity contribution in [3.63, 3.8) is 0 Å². The van der Waals surface area contributed by atoms with Gasteiger partial charge in [0.05, 0.1) is 19.0 Å². The number of hydrogen-bond acceptors (Lipinski definition) is 8. The molecule has 0 radical (unpaired) electrons. The van der Waals surface area contributed by atoms with Crippen molar-refractivity contribution >= 4 is 30.6 Å². The van der Waals surface area contributed by atoms with Crippen LogP contribution >= 0.6 is 19.6 Å². The summed E-state index contributed by atoms with van der Waals surface area (Å²) in [6.07, 6.45) is 4.08. The molecule has 0 fully saturated rings. The van der Waals surface area contributed by atoms with Gasteiger partial charge in [0.2, 0.25) is 5.91 Å². The van der Waals surface area contributed by atoms with E-state index in [2.05, 4.69) is 15.3 Å². The highest BCUT2D eigenvalue weighted by atomic mass is 32.2. The van der Waals surface area contributed by atoms with E-state index in [0.29, 0.717) is 25.0 Å². The monoisotopic (exact) mass is 407 g/mol. The van der Waals surface area contributed by atoms with Crippen molar-refractivity contribution in [3.05, 3.63) is 18.2 Å². The molecule has 0 saturated carbocycles. The van der Waals surface area contributed by atoms with Gasteiger partial charge in [-0.15, -0.1) is 0 Å². The third kappa shape index (κ3) is 9.49. The van der Waals surface area contributed by atoms with E-state index in [1.165, 1.54) is 14.0 Å². The Hall–Kier alpha value is -1.19. The van der Waals surface area contributed by atoms with Crippen LogP contribution in [0.2, 0.25) is 0 Å². The number of nitrogens with zero attached hydrogens (tertiary/aromatic N) is 1. The van der Waals surface area contributed by atoms with Crippen LogP contribution in [-0.4, -0.2) is 53.1 Å². The Bertz CT molecular complexity index is 598. The summed E-state index contributed by atoms with van der Waals surface area (Å²) < 4.78 is 27.9. The highest BCUT2D eigenvalue weighted by Gasteiger charge is 2.29. The lowest BCUT2D eigenvalue weighted by atomic mass is 10.2. The lowest BCUT2D eigenvalue weighted by Crippen LogP contribution is -2.33. The van der Waals surface area contributed by atoms with Crippen LogP contribution in [0.15, 0.2) is 12.5 Å². The first-order valence-electron chi connectivity index (χ1n) is 8.24. The second kappa shape index (κ2) is 12.2. The number of thioether (sulfide) groups is 1. The third-order valence-corrected chi connectivity index (χ3v) is 5.58. The summed E-state index contributed by atoms with van der Waals surface area (Å²) in [4.78, 5) is 29.6. The standard InChI is InChI=1S/C15H26N3O6PS/c1-4-14(10-17-15(20)6-5-13-9-16-11-18-13)24-25(21,22-3)23-7-8-26-12(2)19/h9,11,14H,4-8,10H2,1-3H3,(H,16,18)(H,17,20). The second-order valence-electron chi connectivity index (χ2n) is 5.32. The van der Waals surface area contributed by atoms with Crippen LogP contribution in [0.4, 0.5) is 0 Å². The van der Waals surface area contributed by atoms with E-state index in [1.54, 1.807) is 12.5 Å². The van der Waals surface area contributed by atoms with Gasteiger partial charge in [0.1, 0.15) is 0 Å². The second-order valence-corrected chi connectivity index (χ2v) is 8.32. The molecule has 0 aliphatic carbocycles. The van der Waals surface area contributed by atoms with E-state index in [4.69, 9.17) is 13.6 Å². The van der Waals surface area contributed by atoms with E-state index in [9.17, 15) is 14.2 Å². The number of carbonyl (C=O) groups is 2. The van der Waals surface area contributed by atoms with Gasteiger partial charge in [-0.2, -0.15) is 0 Å². The number of hydrogen-bond donors (Lipinski definition) is 2. The van der Waals surface area contributed by atoms with Gasteiger partial charge in [-0.3, -0.25) is 23.2 Å². The summed E-state index contributed by atoms with van der Waals surface area (Å²) >= 11 is 1.07.